The number of rotatable bonds is 3. The number of nitrogens with one attached hydrogen (secondary N) is 1. The van der Waals surface area contributed by atoms with Gasteiger partial charge in [0, 0.05) is 27.2 Å². The van der Waals surface area contributed by atoms with E-state index >= 15 is 0 Å². The fourth-order valence-corrected chi connectivity index (χ4v) is 2.14. The maximum Gasteiger partial charge on any atom is 0.166 e. The summed E-state index contributed by atoms with van der Waals surface area (Å²) in [6.07, 6.45) is 0. The number of anilines is 1. The van der Waals surface area contributed by atoms with E-state index in [4.69, 9.17) is 5.11 Å². The number of benzene rings is 2. The van der Waals surface area contributed by atoms with Gasteiger partial charge < -0.3 is 10.4 Å². The second-order valence-corrected chi connectivity index (χ2v) is 5.48. The Morgan fingerprint density at radius 2 is 1.83 bits per heavy atom. The Labute approximate surface area is 121 Å². The summed E-state index contributed by atoms with van der Waals surface area (Å²) in [5.41, 5.74) is 1.70. The quantitative estimate of drug-likeness (QED) is 0.765. The molecular weight excluding hydrogens is 365 g/mol. The van der Waals surface area contributed by atoms with Crippen LogP contribution in [-0.4, -0.2) is 5.11 Å². The van der Waals surface area contributed by atoms with Crippen molar-refractivity contribution in [1.82, 2.24) is 0 Å². The molecule has 0 unspecified atom stereocenters. The largest absolute Gasteiger partial charge is 0.505 e. The van der Waals surface area contributed by atoms with Gasteiger partial charge in [-0.05, 0) is 61.7 Å². The van der Waals surface area contributed by atoms with E-state index in [2.05, 4.69) is 37.2 Å². The summed E-state index contributed by atoms with van der Waals surface area (Å²) in [5, 5.41) is 12.2. The summed E-state index contributed by atoms with van der Waals surface area (Å²) >= 11 is 6.82. The maximum atomic E-state index is 13.1. The Kier molecular flexibility index (Phi) is 4.24. The normalized spacial score (nSPS) is 10.4. The summed E-state index contributed by atoms with van der Waals surface area (Å²) in [6.45, 7) is 0.579. The highest BCUT2D eigenvalue weighted by Gasteiger charge is 2.02. The molecule has 2 nitrogen and oxygen atoms in total. The van der Waals surface area contributed by atoms with Crippen molar-refractivity contribution >= 4 is 37.5 Å². The fraction of sp³-hybridized carbons (Fsp3) is 0.0769. The zero-order valence-electron chi connectivity index (χ0n) is 9.25. The molecule has 5 heteroatoms. The summed E-state index contributed by atoms with van der Waals surface area (Å²) in [5.74, 6) is -0.969. The molecule has 0 aliphatic carbocycles. The van der Waals surface area contributed by atoms with Gasteiger partial charge in [-0.2, -0.15) is 0 Å². The van der Waals surface area contributed by atoms with Crippen LogP contribution in [0.1, 0.15) is 5.56 Å². The van der Waals surface area contributed by atoms with Gasteiger partial charge in [-0.15, -0.1) is 0 Å². The molecule has 0 saturated carbocycles. The SMILES string of the molecule is Oc1ccc(NCc2ccc(Br)c(Br)c2)cc1F. The van der Waals surface area contributed by atoms with Crippen LogP contribution in [0.2, 0.25) is 0 Å². The van der Waals surface area contributed by atoms with Crippen LogP contribution in [0, 0.1) is 5.82 Å². The van der Waals surface area contributed by atoms with E-state index in [1.807, 2.05) is 18.2 Å². The highest BCUT2D eigenvalue weighted by atomic mass is 79.9. The van der Waals surface area contributed by atoms with E-state index in [1.54, 1.807) is 6.07 Å². The minimum atomic E-state index is -0.628. The van der Waals surface area contributed by atoms with Gasteiger partial charge >= 0.3 is 0 Å². The molecule has 94 valence electrons. The van der Waals surface area contributed by atoms with Crippen molar-refractivity contribution in [2.75, 3.05) is 5.32 Å². The Bertz CT molecular complexity index is 523. The molecule has 0 aromatic heterocycles. The van der Waals surface area contributed by atoms with Crippen molar-refractivity contribution in [3.8, 4) is 5.75 Å². The van der Waals surface area contributed by atoms with Gasteiger partial charge in [-0.1, -0.05) is 6.07 Å². The molecule has 0 amide bonds. The Balaban J connectivity index is 2.06. The number of halogens is 3. The molecule has 18 heavy (non-hydrogen) atoms. The van der Waals surface area contributed by atoms with Crippen molar-refractivity contribution in [3.63, 3.8) is 0 Å². The number of phenols is 1. The molecular formula is C13H10Br2FNO. The first-order valence-corrected chi connectivity index (χ1v) is 6.81. The smallest absolute Gasteiger partial charge is 0.166 e. The molecule has 0 aliphatic rings. The van der Waals surface area contributed by atoms with Crippen LogP contribution in [-0.2, 0) is 6.54 Å². The third-order valence-electron chi connectivity index (χ3n) is 2.43. The van der Waals surface area contributed by atoms with Gasteiger partial charge in [0.1, 0.15) is 0 Å². The Morgan fingerprint density at radius 1 is 1.06 bits per heavy atom. The van der Waals surface area contributed by atoms with Crippen LogP contribution in [0.3, 0.4) is 0 Å². The molecule has 0 radical (unpaired) electrons. The van der Waals surface area contributed by atoms with Gasteiger partial charge in [-0.25, -0.2) is 4.39 Å². The number of aromatic hydroxyl groups is 1. The predicted octanol–water partition coefficient (Wildman–Crippen LogP) is 4.67. The number of hydrogen-bond acceptors (Lipinski definition) is 2. The second kappa shape index (κ2) is 5.71. The average molecular weight is 375 g/mol. The van der Waals surface area contributed by atoms with E-state index in [-0.39, 0.29) is 5.75 Å². The van der Waals surface area contributed by atoms with Gasteiger partial charge in [0.05, 0.1) is 0 Å². The average Bonchev–Trinajstić information content (AvgIpc) is 2.35. The number of phenolic OH excluding ortho intramolecular Hbond substituents is 1. The van der Waals surface area contributed by atoms with Gasteiger partial charge in [-0.3, -0.25) is 0 Å². The number of hydrogen-bond donors (Lipinski definition) is 2. The molecule has 2 N–H and O–H groups in total. The molecule has 0 spiro atoms. The predicted molar refractivity (Wildman–Crippen MR) is 77.2 cm³/mol. The van der Waals surface area contributed by atoms with E-state index in [0.29, 0.717) is 12.2 Å². The summed E-state index contributed by atoms with van der Waals surface area (Å²) < 4.78 is 15.1. The van der Waals surface area contributed by atoms with Crippen molar-refractivity contribution in [2.24, 2.45) is 0 Å². The van der Waals surface area contributed by atoms with Crippen LogP contribution in [0.4, 0.5) is 10.1 Å². The van der Waals surface area contributed by atoms with Crippen molar-refractivity contribution in [3.05, 3.63) is 56.7 Å². The first kappa shape index (κ1) is 13.4. The molecule has 0 heterocycles. The fourth-order valence-electron chi connectivity index (χ4n) is 1.47. The standard InChI is InChI=1S/C13H10Br2FNO/c14-10-3-1-8(5-11(10)15)7-17-9-2-4-13(18)12(16)6-9/h1-6,17-18H,7H2. The molecule has 0 fully saturated rings. The lowest BCUT2D eigenvalue weighted by molar-refractivity contribution is 0.432. The maximum absolute atomic E-state index is 13.1. The highest BCUT2D eigenvalue weighted by Crippen LogP contribution is 2.24. The van der Waals surface area contributed by atoms with E-state index in [1.165, 1.54) is 12.1 Å². The zero-order chi connectivity index (χ0) is 13.1. The molecule has 0 bridgehead atoms. The van der Waals surface area contributed by atoms with Crippen molar-refractivity contribution in [2.45, 2.75) is 6.54 Å². The molecule has 2 aromatic carbocycles. The second-order valence-electron chi connectivity index (χ2n) is 3.77. The van der Waals surface area contributed by atoms with Crippen molar-refractivity contribution < 1.29 is 9.50 Å². The summed E-state index contributed by atoms with van der Waals surface area (Å²) in [7, 11) is 0. The molecule has 0 saturated heterocycles. The van der Waals surface area contributed by atoms with Gasteiger partial charge in [0.25, 0.3) is 0 Å². The highest BCUT2D eigenvalue weighted by molar-refractivity contribution is 9.13. The first-order chi connectivity index (χ1) is 8.56. The summed E-state index contributed by atoms with van der Waals surface area (Å²) in [6, 6.07) is 10.1. The van der Waals surface area contributed by atoms with Gasteiger partial charge in [0.15, 0.2) is 11.6 Å². The lowest BCUT2D eigenvalue weighted by Gasteiger charge is -2.08. The van der Waals surface area contributed by atoms with E-state index in [0.717, 1.165) is 14.5 Å². The van der Waals surface area contributed by atoms with Crippen LogP contribution in [0.5, 0.6) is 5.75 Å². The minimum absolute atomic E-state index is 0.341. The molecule has 2 aromatic rings. The minimum Gasteiger partial charge on any atom is -0.505 e. The van der Waals surface area contributed by atoms with Crippen LogP contribution in [0.25, 0.3) is 0 Å². The van der Waals surface area contributed by atoms with E-state index < -0.39 is 5.82 Å². The topological polar surface area (TPSA) is 32.3 Å². The molecule has 0 atom stereocenters. The monoisotopic (exact) mass is 373 g/mol. The lowest BCUT2D eigenvalue weighted by Crippen LogP contribution is -1.99. The Morgan fingerprint density at radius 3 is 2.50 bits per heavy atom. The molecule has 0 aliphatic heterocycles. The zero-order valence-corrected chi connectivity index (χ0v) is 12.4. The van der Waals surface area contributed by atoms with Crippen LogP contribution >= 0.6 is 31.9 Å². The molecule has 2 rings (SSSR count). The first-order valence-electron chi connectivity index (χ1n) is 5.22. The Hall–Kier alpha value is -1.07. The van der Waals surface area contributed by atoms with Crippen LogP contribution in [0.15, 0.2) is 45.3 Å². The third-order valence-corrected chi connectivity index (χ3v) is 4.31. The van der Waals surface area contributed by atoms with Crippen LogP contribution < -0.4 is 5.32 Å². The lowest BCUT2D eigenvalue weighted by atomic mass is 10.2. The third kappa shape index (κ3) is 3.23. The van der Waals surface area contributed by atoms with Gasteiger partial charge in [0.2, 0.25) is 0 Å². The van der Waals surface area contributed by atoms with E-state index in [9.17, 15) is 4.39 Å². The van der Waals surface area contributed by atoms with Crippen molar-refractivity contribution in [1.29, 1.82) is 0 Å². The summed E-state index contributed by atoms with van der Waals surface area (Å²) in [4.78, 5) is 0.